The molecule has 0 unspecified atom stereocenters. The highest BCUT2D eigenvalue weighted by molar-refractivity contribution is 5.91. The maximum absolute atomic E-state index is 14.3. The van der Waals surface area contributed by atoms with E-state index in [4.69, 9.17) is 9.47 Å². The van der Waals surface area contributed by atoms with E-state index in [9.17, 15) is 39.1 Å². The average molecular weight is 446 g/mol. The van der Waals surface area contributed by atoms with Gasteiger partial charge in [-0.1, -0.05) is 6.07 Å². The predicted molar refractivity (Wildman–Crippen MR) is 104 cm³/mol. The first-order valence-electron chi connectivity index (χ1n) is 9.26. The van der Waals surface area contributed by atoms with Crippen LogP contribution in [0.25, 0.3) is 0 Å². The molecule has 1 aliphatic rings. The Kier molecular flexibility index (Phi) is 5.13. The standard InChI is InChI=1S/C22H16F2O8/c23-11-6-13(24)12-8-19(32-22(30)10-4-16(27)20(29)17(28)5-10)21(31-18(12)7-11)9-1-2-14(25)15(26)3-9/h1-7,19,21,25-29H,8H2/t19-,21-/m1/s1. The first kappa shape index (κ1) is 21.0. The van der Waals surface area contributed by atoms with Gasteiger partial charge in [0.05, 0.1) is 5.56 Å². The van der Waals surface area contributed by atoms with Crippen LogP contribution in [0, 0.1) is 11.6 Å². The number of esters is 1. The van der Waals surface area contributed by atoms with Gasteiger partial charge in [0.15, 0.2) is 34.9 Å². The van der Waals surface area contributed by atoms with E-state index < -0.39 is 58.6 Å². The molecule has 3 aromatic carbocycles. The van der Waals surface area contributed by atoms with Crippen LogP contribution in [0.4, 0.5) is 8.78 Å². The van der Waals surface area contributed by atoms with Crippen LogP contribution in [0.1, 0.15) is 27.6 Å². The molecule has 2 atom stereocenters. The summed E-state index contributed by atoms with van der Waals surface area (Å²) in [5, 5.41) is 48.1. The monoisotopic (exact) mass is 446 g/mol. The minimum Gasteiger partial charge on any atom is -0.504 e. The molecule has 0 saturated carbocycles. The van der Waals surface area contributed by atoms with E-state index in [1.807, 2.05) is 0 Å². The van der Waals surface area contributed by atoms with Crippen molar-refractivity contribution < 1.29 is 48.6 Å². The second-order valence-corrected chi connectivity index (χ2v) is 7.16. The quantitative estimate of drug-likeness (QED) is 0.305. The maximum atomic E-state index is 14.3. The van der Waals surface area contributed by atoms with Crippen molar-refractivity contribution in [2.45, 2.75) is 18.6 Å². The largest absolute Gasteiger partial charge is 0.504 e. The van der Waals surface area contributed by atoms with Gasteiger partial charge in [0, 0.05) is 29.7 Å². The van der Waals surface area contributed by atoms with E-state index in [-0.39, 0.29) is 28.9 Å². The molecule has 3 aromatic rings. The lowest BCUT2D eigenvalue weighted by atomic mass is 9.93. The molecule has 4 rings (SSSR count). The zero-order valence-corrected chi connectivity index (χ0v) is 16.1. The van der Waals surface area contributed by atoms with Crippen LogP contribution in [0.15, 0.2) is 42.5 Å². The lowest BCUT2D eigenvalue weighted by Crippen LogP contribution is -2.35. The number of ether oxygens (including phenoxy) is 2. The van der Waals surface area contributed by atoms with Gasteiger partial charge >= 0.3 is 5.97 Å². The molecule has 0 spiro atoms. The van der Waals surface area contributed by atoms with Crippen LogP contribution in [-0.4, -0.2) is 37.6 Å². The van der Waals surface area contributed by atoms with Crippen molar-refractivity contribution in [2.24, 2.45) is 0 Å². The van der Waals surface area contributed by atoms with Gasteiger partial charge in [-0.05, 0) is 24.3 Å². The van der Waals surface area contributed by atoms with Crippen molar-refractivity contribution in [1.82, 2.24) is 0 Å². The number of fused-ring (bicyclic) bond motifs is 1. The molecule has 1 heterocycles. The van der Waals surface area contributed by atoms with Gasteiger partial charge in [0.25, 0.3) is 0 Å². The predicted octanol–water partition coefficient (Wildman–Crippen LogP) is 3.39. The highest BCUT2D eigenvalue weighted by Gasteiger charge is 2.37. The number of halogens is 2. The summed E-state index contributed by atoms with van der Waals surface area (Å²) >= 11 is 0. The number of hydrogen-bond acceptors (Lipinski definition) is 8. The van der Waals surface area contributed by atoms with Crippen molar-refractivity contribution in [1.29, 1.82) is 0 Å². The molecule has 0 aromatic heterocycles. The third-order valence-electron chi connectivity index (χ3n) is 5.01. The van der Waals surface area contributed by atoms with Crippen LogP contribution in [0.2, 0.25) is 0 Å². The van der Waals surface area contributed by atoms with E-state index in [1.165, 1.54) is 12.1 Å². The zero-order valence-electron chi connectivity index (χ0n) is 16.1. The molecule has 0 aliphatic carbocycles. The van der Waals surface area contributed by atoms with E-state index in [1.54, 1.807) is 0 Å². The Morgan fingerprint density at radius 2 is 1.59 bits per heavy atom. The van der Waals surface area contributed by atoms with Crippen LogP contribution < -0.4 is 4.74 Å². The van der Waals surface area contributed by atoms with E-state index in [0.717, 1.165) is 24.3 Å². The number of phenolic OH excluding ortho intramolecular Hbond substituents is 5. The molecular weight excluding hydrogens is 430 g/mol. The molecule has 0 radical (unpaired) electrons. The number of aromatic hydroxyl groups is 5. The third kappa shape index (κ3) is 3.78. The lowest BCUT2D eigenvalue weighted by Gasteiger charge is -2.33. The highest BCUT2D eigenvalue weighted by Crippen LogP contribution is 2.41. The first-order valence-corrected chi connectivity index (χ1v) is 9.26. The van der Waals surface area contributed by atoms with Gasteiger partial charge in [0.2, 0.25) is 0 Å². The Hall–Kier alpha value is -4.21. The SMILES string of the molecule is O=C(O[C@@H]1Cc2c(F)cc(F)cc2O[C@@H]1c1ccc(O)c(O)c1)c1cc(O)c(O)c(O)c1. The number of phenols is 5. The number of carbonyl (C=O) groups excluding carboxylic acids is 1. The van der Waals surface area contributed by atoms with Crippen molar-refractivity contribution in [3.63, 3.8) is 0 Å². The molecule has 8 nitrogen and oxygen atoms in total. The molecule has 0 fully saturated rings. The Morgan fingerprint density at radius 3 is 2.25 bits per heavy atom. The fourth-order valence-electron chi connectivity index (χ4n) is 3.44. The molecule has 0 saturated heterocycles. The van der Waals surface area contributed by atoms with Gasteiger partial charge in [-0.25, -0.2) is 13.6 Å². The molecule has 5 N–H and O–H groups in total. The van der Waals surface area contributed by atoms with E-state index >= 15 is 0 Å². The summed E-state index contributed by atoms with van der Waals surface area (Å²) in [7, 11) is 0. The fourth-order valence-corrected chi connectivity index (χ4v) is 3.44. The third-order valence-corrected chi connectivity index (χ3v) is 5.01. The molecule has 1 aliphatic heterocycles. The molecule has 0 bridgehead atoms. The second kappa shape index (κ2) is 7.80. The van der Waals surface area contributed by atoms with Crippen molar-refractivity contribution >= 4 is 5.97 Å². The second-order valence-electron chi connectivity index (χ2n) is 7.16. The van der Waals surface area contributed by atoms with Gasteiger partial charge in [-0.15, -0.1) is 0 Å². The molecular formula is C22H16F2O8. The smallest absolute Gasteiger partial charge is 0.338 e. The summed E-state index contributed by atoms with van der Waals surface area (Å²) in [6, 6.07) is 7.06. The summed E-state index contributed by atoms with van der Waals surface area (Å²) in [5.41, 5.74) is -0.111. The number of benzene rings is 3. The van der Waals surface area contributed by atoms with Gasteiger partial charge in [-0.3, -0.25) is 0 Å². The van der Waals surface area contributed by atoms with Crippen LogP contribution in [0.3, 0.4) is 0 Å². The molecule has 32 heavy (non-hydrogen) atoms. The summed E-state index contributed by atoms with van der Waals surface area (Å²) < 4.78 is 39.2. The van der Waals surface area contributed by atoms with E-state index in [0.29, 0.717) is 6.07 Å². The number of carbonyl (C=O) groups is 1. The topological polar surface area (TPSA) is 137 Å². The summed E-state index contributed by atoms with van der Waals surface area (Å²) in [4.78, 5) is 12.7. The zero-order chi connectivity index (χ0) is 23.2. The Labute approximate surface area is 179 Å². The Bertz CT molecular complexity index is 1200. The maximum Gasteiger partial charge on any atom is 0.338 e. The van der Waals surface area contributed by atoms with E-state index in [2.05, 4.69) is 0 Å². The van der Waals surface area contributed by atoms with Gasteiger partial charge in [0.1, 0.15) is 23.5 Å². The van der Waals surface area contributed by atoms with Gasteiger partial charge < -0.3 is 35.0 Å². The Balaban J connectivity index is 1.72. The molecule has 10 heteroatoms. The summed E-state index contributed by atoms with van der Waals surface area (Å²) in [6.07, 6.45) is -2.54. The fraction of sp³-hybridized carbons (Fsp3) is 0.136. The number of rotatable bonds is 3. The van der Waals surface area contributed by atoms with Crippen molar-refractivity contribution in [2.75, 3.05) is 0 Å². The summed E-state index contributed by atoms with van der Waals surface area (Å²) in [6.45, 7) is 0. The normalized spacial score (nSPS) is 17.3. The van der Waals surface area contributed by atoms with Gasteiger partial charge in [-0.2, -0.15) is 0 Å². The Morgan fingerprint density at radius 1 is 0.906 bits per heavy atom. The molecule has 166 valence electrons. The lowest BCUT2D eigenvalue weighted by molar-refractivity contribution is -0.0192. The first-order chi connectivity index (χ1) is 15.1. The van der Waals surface area contributed by atoms with Crippen molar-refractivity contribution in [3.8, 4) is 34.5 Å². The molecule has 0 amide bonds. The van der Waals surface area contributed by atoms with Crippen LogP contribution in [-0.2, 0) is 11.2 Å². The van der Waals surface area contributed by atoms with Crippen LogP contribution >= 0.6 is 0 Å². The summed E-state index contributed by atoms with van der Waals surface area (Å²) in [5.74, 6) is -6.18. The highest BCUT2D eigenvalue weighted by atomic mass is 19.1. The minimum absolute atomic E-state index is 0.0418. The van der Waals surface area contributed by atoms with Crippen LogP contribution in [0.5, 0.6) is 34.5 Å². The average Bonchev–Trinajstić information content (AvgIpc) is 2.73. The number of hydrogen-bond donors (Lipinski definition) is 5. The minimum atomic E-state index is -1.18. The van der Waals surface area contributed by atoms with Crippen molar-refractivity contribution in [3.05, 3.63) is 70.8 Å².